The first-order valence-corrected chi connectivity index (χ1v) is 10.9. The van der Waals surface area contributed by atoms with E-state index in [1.807, 2.05) is 0 Å². The zero-order chi connectivity index (χ0) is 22.2. The summed E-state index contributed by atoms with van der Waals surface area (Å²) in [5, 5.41) is 0.457. The third-order valence-corrected chi connectivity index (χ3v) is 6.39. The van der Waals surface area contributed by atoms with Gasteiger partial charge in [-0.15, -0.1) is 0 Å². The van der Waals surface area contributed by atoms with Crippen LogP contribution in [-0.4, -0.2) is 41.2 Å². The molecule has 2 aliphatic rings. The number of nitrogens with zero attached hydrogens (tertiary/aromatic N) is 1. The molecule has 2 atom stereocenters. The summed E-state index contributed by atoms with van der Waals surface area (Å²) in [5.41, 5.74) is 6.80. The average molecular weight is 471 g/mol. The van der Waals surface area contributed by atoms with E-state index in [1.54, 1.807) is 32.9 Å². The number of carbonyl (C=O) groups excluding carboxylic acids is 3. The molecule has 1 aromatic rings. The van der Waals surface area contributed by atoms with Gasteiger partial charge in [-0.2, -0.15) is 0 Å². The van der Waals surface area contributed by atoms with Crippen molar-refractivity contribution in [3.05, 3.63) is 55.8 Å². The van der Waals surface area contributed by atoms with Crippen LogP contribution in [0.2, 0.25) is 10.0 Å². The van der Waals surface area contributed by atoms with E-state index >= 15 is 0 Å². The topological polar surface area (TPSA) is 98.9 Å². The second-order valence-electron chi connectivity index (χ2n) is 6.49. The quantitative estimate of drug-likeness (QED) is 0.656. The fourth-order valence-corrected chi connectivity index (χ4v) is 5.07. The molecular formula is C20H20Cl2N2O5S. The zero-order valence-corrected chi connectivity index (χ0v) is 18.9. The van der Waals surface area contributed by atoms with Crippen LogP contribution in [0.25, 0.3) is 0 Å². The molecule has 1 aromatic carbocycles. The van der Waals surface area contributed by atoms with Crippen molar-refractivity contribution in [3.8, 4) is 0 Å². The van der Waals surface area contributed by atoms with Crippen LogP contribution in [0.15, 0.2) is 40.2 Å². The molecule has 0 spiro atoms. The number of fused-ring (bicyclic) bond motifs is 1. The summed E-state index contributed by atoms with van der Waals surface area (Å²) < 4.78 is 10.5. The van der Waals surface area contributed by atoms with Crippen LogP contribution in [0.3, 0.4) is 0 Å². The smallest absolute Gasteiger partial charge is 0.338 e. The lowest BCUT2D eigenvalue weighted by Gasteiger charge is -2.33. The Labute approximate surface area is 188 Å². The van der Waals surface area contributed by atoms with Gasteiger partial charge in [0.05, 0.1) is 40.6 Å². The molecule has 1 saturated heterocycles. The highest BCUT2D eigenvalue weighted by Crippen LogP contribution is 2.50. The van der Waals surface area contributed by atoms with Gasteiger partial charge in [-0.3, -0.25) is 9.69 Å². The zero-order valence-electron chi connectivity index (χ0n) is 16.5. The highest BCUT2D eigenvalue weighted by atomic mass is 35.5. The summed E-state index contributed by atoms with van der Waals surface area (Å²) in [6.45, 7) is 5.21. The van der Waals surface area contributed by atoms with Crippen molar-refractivity contribution < 1.29 is 23.9 Å². The molecule has 10 heteroatoms. The monoisotopic (exact) mass is 470 g/mol. The van der Waals surface area contributed by atoms with Gasteiger partial charge >= 0.3 is 11.9 Å². The van der Waals surface area contributed by atoms with E-state index in [0.717, 1.165) is 0 Å². The summed E-state index contributed by atoms with van der Waals surface area (Å²) in [4.78, 5) is 39.9. The number of hydrogen-bond acceptors (Lipinski definition) is 7. The van der Waals surface area contributed by atoms with Gasteiger partial charge in [0.25, 0.3) is 0 Å². The minimum atomic E-state index is -0.982. The normalized spacial score (nSPS) is 21.1. The van der Waals surface area contributed by atoms with E-state index in [9.17, 15) is 14.4 Å². The van der Waals surface area contributed by atoms with Gasteiger partial charge in [0.2, 0.25) is 5.91 Å². The predicted octanol–water partition coefficient (Wildman–Crippen LogP) is 3.56. The molecule has 0 radical (unpaired) electrons. The fourth-order valence-electron chi connectivity index (χ4n) is 3.39. The van der Waals surface area contributed by atoms with Crippen molar-refractivity contribution in [2.45, 2.75) is 31.9 Å². The van der Waals surface area contributed by atoms with Crippen LogP contribution < -0.4 is 5.73 Å². The number of ether oxygens (including phenoxy) is 2. The Morgan fingerprint density at radius 3 is 2.30 bits per heavy atom. The molecule has 0 unspecified atom stereocenters. The van der Waals surface area contributed by atoms with Crippen molar-refractivity contribution >= 4 is 52.8 Å². The molecule has 2 aliphatic heterocycles. The largest absolute Gasteiger partial charge is 0.463 e. The molecule has 0 bridgehead atoms. The molecule has 7 nitrogen and oxygen atoms in total. The Hall–Kier alpha value is -2.16. The van der Waals surface area contributed by atoms with Crippen LogP contribution in [0.5, 0.6) is 0 Å². The van der Waals surface area contributed by atoms with Crippen molar-refractivity contribution in [3.63, 3.8) is 0 Å². The number of rotatable bonds is 5. The maximum atomic E-state index is 13.0. The first kappa shape index (κ1) is 22.5. The van der Waals surface area contributed by atoms with E-state index in [2.05, 4.69) is 0 Å². The number of amides is 1. The van der Waals surface area contributed by atoms with Gasteiger partial charge in [0.15, 0.2) is 0 Å². The minimum Gasteiger partial charge on any atom is -0.463 e. The Bertz CT molecular complexity index is 991. The number of nitrogens with two attached hydrogens (primary N) is 1. The molecule has 1 fully saturated rings. The van der Waals surface area contributed by atoms with Gasteiger partial charge in [-0.1, -0.05) is 41.0 Å². The molecule has 3 rings (SSSR count). The Kier molecular flexibility index (Phi) is 6.69. The van der Waals surface area contributed by atoms with E-state index in [4.69, 9.17) is 38.4 Å². The average Bonchev–Trinajstić information content (AvgIpc) is 2.96. The molecular weight excluding hydrogens is 451 g/mol. The summed E-state index contributed by atoms with van der Waals surface area (Å²) in [5.74, 6) is -2.82. The predicted molar refractivity (Wildman–Crippen MR) is 115 cm³/mol. The summed E-state index contributed by atoms with van der Waals surface area (Å²) in [6, 6.07) is 4.71. The maximum Gasteiger partial charge on any atom is 0.338 e. The van der Waals surface area contributed by atoms with Gasteiger partial charge in [0, 0.05) is 10.0 Å². The van der Waals surface area contributed by atoms with E-state index < -0.39 is 23.1 Å². The van der Waals surface area contributed by atoms with Crippen LogP contribution >= 0.6 is 35.0 Å². The Morgan fingerprint density at radius 2 is 1.73 bits per heavy atom. The van der Waals surface area contributed by atoms with Crippen LogP contribution in [0, 0.1) is 0 Å². The molecule has 0 aliphatic carbocycles. The van der Waals surface area contributed by atoms with Gasteiger partial charge in [-0.25, -0.2) is 9.59 Å². The van der Waals surface area contributed by atoms with Crippen molar-refractivity contribution in [2.24, 2.45) is 5.73 Å². The number of carbonyl (C=O) groups is 3. The maximum absolute atomic E-state index is 13.0. The Balaban J connectivity index is 2.33. The van der Waals surface area contributed by atoms with Crippen molar-refractivity contribution in [1.29, 1.82) is 0 Å². The minimum absolute atomic E-state index is 0.0454. The summed E-state index contributed by atoms with van der Waals surface area (Å²) in [7, 11) is 0. The van der Waals surface area contributed by atoms with E-state index in [0.29, 0.717) is 15.6 Å². The molecule has 2 N–H and O–H groups in total. The van der Waals surface area contributed by atoms with Gasteiger partial charge in [-0.05, 0) is 38.5 Å². The van der Waals surface area contributed by atoms with Crippen LogP contribution in [-0.2, 0) is 23.9 Å². The molecule has 160 valence electrons. The van der Waals surface area contributed by atoms with Crippen LogP contribution in [0.4, 0.5) is 0 Å². The number of thioether (sulfide) groups is 1. The molecule has 2 heterocycles. The second-order valence-corrected chi connectivity index (χ2v) is 8.66. The molecule has 0 aromatic heterocycles. The number of benzene rings is 1. The lowest BCUT2D eigenvalue weighted by molar-refractivity contribution is -0.139. The number of halogens is 2. The van der Waals surface area contributed by atoms with Crippen LogP contribution in [0.1, 0.15) is 32.3 Å². The van der Waals surface area contributed by atoms with E-state index in [1.165, 1.54) is 22.7 Å². The molecule has 1 amide bonds. The summed E-state index contributed by atoms with van der Waals surface area (Å²) >= 11 is 13.7. The highest BCUT2D eigenvalue weighted by molar-refractivity contribution is 8.04. The SMILES string of the molecule is CCOC(=O)C1=C(N)N2C(=O)[C@@H](C)SC2=C(C(=O)OCC)[C@@H]1c1ccc(Cl)cc1Cl. The van der Waals surface area contributed by atoms with E-state index in [-0.39, 0.29) is 41.1 Å². The summed E-state index contributed by atoms with van der Waals surface area (Å²) in [6.07, 6.45) is 0. The third-order valence-electron chi connectivity index (χ3n) is 4.65. The number of esters is 2. The fraction of sp³-hybridized carbons (Fsp3) is 0.350. The van der Waals surface area contributed by atoms with Gasteiger partial charge < -0.3 is 15.2 Å². The van der Waals surface area contributed by atoms with Crippen molar-refractivity contribution in [2.75, 3.05) is 13.2 Å². The standard InChI is InChI=1S/C20H20Cl2N2O5S/c1-4-28-19(26)14-13(11-7-6-10(21)8-12(11)22)15(20(27)29-5-2)18-24(16(14)23)17(25)9(3)30-18/h6-9,13H,4-5,23H2,1-3H3/t9-,13-/m1/s1. The molecule has 30 heavy (non-hydrogen) atoms. The van der Waals surface area contributed by atoms with Crippen molar-refractivity contribution in [1.82, 2.24) is 4.90 Å². The lowest BCUT2D eigenvalue weighted by Crippen LogP contribution is -2.40. The number of hydrogen-bond donors (Lipinski definition) is 1. The lowest BCUT2D eigenvalue weighted by atomic mass is 9.82. The first-order valence-electron chi connectivity index (χ1n) is 9.26. The Morgan fingerprint density at radius 1 is 1.13 bits per heavy atom. The first-order chi connectivity index (χ1) is 14.2. The second kappa shape index (κ2) is 8.91. The van der Waals surface area contributed by atoms with Gasteiger partial charge in [0.1, 0.15) is 5.82 Å². The highest BCUT2D eigenvalue weighted by Gasteiger charge is 2.49. The third kappa shape index (κ3) is 3.79. The molecule has 0 saturated carbocycles.